The summed E-state index contributed by atoms with van der Waals surface area (Å²) in [5, 5.41) is 3.32. The molecule has 2 rings (SSSR count). The third-order valence-corrected chi connectivity index (χ3v) is 4.01. The van der Waals surface area contributed by atoms with Gasteiger partial charge in [0, 0.05) is 9.35 Å². The van der Waals surface area contributed by atoms with Gasteiger partial charge in [-0.05, 0) is 41.9 Å². The van der Waals surface area contributed by atoms with Gasteiger partial charge in [-0.2, -0.15) is 0 Å². The number of carbonyl (C=O) groups is 1. The Balaban J connectivity index is 2.27. The number of hydrogen-bond donors (Lipinski definition) is 1. The van der Waals surface area contributed by atoms with Crippen LogP contribution in [-0.2, 0) is 4.74 Å². The fourth-order valence-corrected chi connectivity index (χ4v) is 2.81. The first-order valence-electron chi connectivity index (χ1n) is 5.88. The van der Waals surface area contributed by atoms with E-state index in [0.717, 1.165) is 4.88 Å². The largest absolute Gasteiger partial charge is 0.461 e. The number of para-hydroxylation sites is 1. The Bertz CT molecular complexity index is 625. The van der Waals surface area contributed by atoms with Gasteiger partial charge in [0.2, 0.25) is 0 Å². The van der Waals surface area contributed by atoms with E-state index in [1.807, 2.05) is 0 Å². The second-order valence-electron chi connectivity index (χ2n) is 3.87. The molecule has 0 unspecified atom stereocenters. The van der Waals surface area contributed by atoms with Gasteiger partial charge in [-0.1, -0.05) is 6.07 Å². The number of nitrogens with one attached hydrogen (secondary N) is 1. The molecule has 7 heteroatoms. The number of hydrogen-bond acceptors (Lipinski definition) is 5. The van der Waals surface area contributed by atoms with Crippen molar-refractivity contribution in [3.63, 3.8) is 0 Å². The molecule has 0 saturated carbocycles. The molecular weight excluding hydrogens is 347 g/mol. The van der Waals surface area contributed by atoms with Crippen LogP contribution in [0.25, 0.3) is 0 Å². The highest BCUT2D eigenvalue weighted by atomic mass is 79.9. The number of anilines is 2. The van der Waals surface area contributed by atoms with Gasteiger partial charge in [0.25, 0.3) is 0 Å². The molecule has 0 aliphatic carbocycles. The quantitative estimate of drug-likeness (QED) is 0.829. The topological polar surface area (TPSA) is 51.2 Å². The Hall–Kier alpha value is -1.47. The minimum absolute atomic E-state index is 0.256. The molecular formula is C13H12BrFN2O2S. The molecule has 0 aliphatic rings. The number of halogens is 2. The average molecular weight is 359 g/mol. The first-order chi connectivity index (χ1) is 9.52. The molecule has 20 heavy (non-hydrogen) atoms. The van der Waals surface area contributed by atoms with E-state index in [-0.39, 0.29) is 18.0 Å². The Kier molecular flexibility index (Phi) is 4.72. The lowest BCUT2D eigenvalue weighted by Gasteiger charge is -2.06. The Labute approximate surface area is 128 Å². The van der Waals surface area contributed by atoms with Gasteiger partial charge in [-0.15, -0.1) is 11.3 Å². The smallest absolute Gasteiger partial charge is 0.358 e. The SMILES string of the molecule is CCOC(=O)c1nc(Nc2c(F)cccc2Br)sc1C. The van der Waals surface area contributed by atoms with Crippen molar-refractivity contribution in [1.29, 1.82) is 0 Å². The summed E-state index contributed by atoms with van der Waals surface area (Å²) in [6.07, 6.45) is 0. The number of ether oxygens (including phenoxy) is 1. The fourth-order valence-electron chi connectivity index (χ4n) is 1.56. The average Bonchev–Trinajstić information content (AvgIpc) is 2.75. The third kappa shape index (κ3) is 3.16. The van der Waals surface area contributed by atoms with Gasteiger partial charge < -0.3 is 10.1 Å². The monoisotopic (exact) mass is 358 g/mol. The normalized spacial score (nSPS) is 10.4. The highest BCUT2D eigenvalue weighted by Crippen LogP contribution is 2.31. The van der Waals surface area contributed by atoms with Gasteiger partial charge in [0.05, 0.1) is 12.3 Å². The predicted octanol–water partition coefficient (Wildman–Crippen LogP) is 4.27. The van der Waals surface area contributed by atoms with E-state index >= 15 is 0 Å². The van der Waals surface area contributed by atoms with Crippen molar-refractivity contribution < 1.29 is 13.9 Å². The maximum absolute atomic E-state index is 13.7. The highest BCUT2D eigenvalue weighted by Gasteiger charge is 2.17. The van der Waals surface area contributed by atoms with Crippen LogP contribution in [0.4, 0.5) is 15.2 Å². The molecule has 0 radical (unpaired) electrons. The van der Waals surface area contributed by atoms with Crippen LogP contribution in [0.15, 0.2) is 22.7 Å². The molecule has 0 aliphatic heterocycles. The van der Waals surface area contributed by atoms with Crippen LogP contribution in [0.1, 0.15) is 22.3 Å². The van der Waals surface area contributed by atoms with Crippen molar-refractivity contribution in [3.05, 3.63) is 39.1 Å². The summed E-state index contributed by atoms with van der Waals surface area (Å²) in [5.74, 6) is -0.869. The number of benzene rings is 1. The van der Waals surface area contributed by atoms with E-state index in [4.69, 9.17) is 4.74 Å². The summed E-state index contributed by atoms with van der Waals surface area (Å²) in [7, 11) is 0. The van der Waals surface area contributed by atoms with E-state index in [0.29, 0.717) is 9.60 Å². The van der Waals surface area contributed by atoms with E-state index in [1.54, 1.807) is 26.0 Å². The van der Waals surface area contributed by atoms with Gasteiger partial charge in [-0.25, -0.2) is 14.2 Å². The summed E-state index contributed by atoms with van der Waals surface area (Å²) in [5.41, 5.74) is 0.545. The van der Waals surface area contributed by atoms with Crippen molar-refractivity contribution in [1.82, 2.24) is 4.98 Å². The summed E-state index contributed by atoms with van der Waals surface area (Å²) >= 11 is 4.54. The lowest BCUT2D eigenvalue weighted by molar-refractivity contribution is 0.0519. The van der Waals surface area contributed by atoms with Crippen molar-refractivity contribution in [2.75, 3.05) is 11.9 Å². The van der Waals surface area contributed by atoms with E-state index in [1.165, 1.54) is 17.4 Å². The minimum atomic E-state index is -0.470. The molecule has 106 valence electrons. The van der Waals surface area contributed by atoms with Crippen LogP contribution < -0.4 is 5.32 Å². The molecule has 0 amide bonds. The zero-order chi connectivity index (χ0) is 14.7. The molecule has 0 fully saturated rings. The van der Waals surface area contributed by atoms with Crippen LogP contribution >= 0.6 is 27.3 Å². The molecule has 1 aromatic heterocycles. The maximum atomic E-state index is 13.7. The minimum Gasteiger partial charge on any atom is -0.461 e. The van der Waals surface area contributed by atoms with Crippen LogP contribution in [0.3, 0.4) is 0 Å². The number of thiazole rings is 1. The van der Waals surface area contributed by atoms with Crippen LogP contribution in [0.5, 0.6) is 0 Å². The lowest BCUT2D eigenvalue weighted by Crippen LogP contribution is -2.06. The predicted molar refractivity (Wildman–Crippen MR) is 80.2 cm³/mol. The molecule has 1 aromatic carbocycles. The second kappa shape index (κ2) is 6.32. The first kappa shape index (κ1) is 14.9. The standard InChI is InChI=1S/C13H12BrFN2O2S/c1-3-19-12(18)10-7(2)20-13(16-10)17-11-8(14)5-4-6-9(11)15/h4-6H,3H2,1-2H3,(H,16,17). The summed E-state index contributed by atoms with van der Waals surface area (Å²) in [4.78, 5) is 16.5. The van der Waals surface area contributed by atoms with Crippen molar-refractivity contribution in [2.45, 2.75) is 13.8 Å². The highest BCUT2D eigenvalue weighted by molar-refractivity contribution is 9.10. The molecule has 0 bridgehead atoms. The molecule has 4 nitrogen and oxygen atoms in total. The van der Waals surface area contributed by atoms with Gasteiger partial charge in [0.15, 0.2) is 10.8 Å². The Morgan fingerprint density at radius 2 is 2.30 bits per heavy atom. The lowest BCUT2D eigenvalue weighted by atomic mass is 10.3. The number of aromatic nitrogens is 1. The molecule has 0 saturated heterocycles. The molecule has 2 aromatic rings. The summed E-state index contributed by atoms with van der Waals surface area (Å²) in [6, 6.07) is 4.67. The molecule has 0 atom stereocenters. The first-order valence-corrected chi connectivity index (χ1v) is 7.49. The van der Waals surface area contributed by atoms with Crippen molar-refractivity contribution in [2.24, 2.45) is 0 Å². The second-order valence-corrected chi connectivity index (χ2v) is 5.92. The van der Waals surface area contributed by atoms with Crippen LogP contribution in [0.2, 0.25) is 0 Å². The van der Waals surface area contributed by atoms with E-state index in [9.17, 15) is 9.18 Å². The summed E-state index contributed by atoms with van der Waals surface area (Å²) < 4.78 is 19.2. The number of nitrogens with zero attached hydrogens (tertiary/aromatic N) is 1. The Morgan fingerprint density at radius 3 is 2.95 bits per heavy atom. The van der Waals surface area contributed by atoms with Crippen LogP contribution in [-0.4, -0.2) is 17.6 Å². The maximum Gasteiger partial charge on any atom is 0.358 e. The van der Waals surface area contributed by atoms with Gasteiger partial charge >= 0.3 is 5.97 Å². The number of aryl methyl sites for hydroxylation is 1. The molecule has 1 heterocycles. The third-order valence-electron chi connectivity index (χ3n) is 2.46. The number of rotatable bonds is 4. The number of carbonyl (C=O) groups excluding carboxylic acids is 1. The van der Waals surface area contributed by atoms with Crippen molar-refractivity contribution in [3.8, 4) is 0 Å². The molecule has 1 N–H and O–H groups in total. The van der Waals surface area contributed by atoms with Crippen molar-refractivity contribution >= 4 is 44.1 Å². The zero-order valence-corrected chi connectivity index (χ0v) is 13.3. The Morgan fingerprint density at radius 1 is 1.55 bits per heavy atom. The number of esters is 1. The van der Waals surface area contributed by atoms with E-state index in [2.05, 4.69) is 26.2 Å². The van der Waals surface area contributed by atoms with Gasteiger partial charge in [0.1, 0.15) is 5.82 Å². The zero-order valence-electron chi connectivity index (χ0n) is 10.9. The van der Waals surface area contributed by atoms with Crippen LogP contribution in [0, 0.1) is 12.7 Å². The fraction of sp³-hybridized carbons (Fsp3) is 0.231. The molecule has 0 spiro atoms. The van der Waals surface area contributed by atoms with E-state index < -0.39 is 11.8 Å². The summed E-state index contributed by atoms with van der Waals surface area (Å²) in [6.45, 7) is 3.79. The van der Waals surface area contributed by atoms with Gasteiger partial charge in [-0.3, -0.25) is 0 Å².